The van der Waals surface area contributed by atoms with Crippen molar-refractivity contribution >= 4 is 0 Å². The van der Waals surface area contributed by atoms with Crippen molar-refractivity contribution in [2.24, 2.45) is 0 Å². The van der Waals surface area contributed by atoms with Crippen molar-refractivity contribution in [2.75, 3.05) is 0 Å². The molecule has 2 aliphatic rings. The Bertz CT molecular complexity index is 596. The van der Waals surface area contributed by atoms with Gasteiger partial charge in [0.15, 0.2) is 5.79 Å². The second-order valence-electron chi connectivity index (χ2n) is 6.61. The predicted molar refractivity (Wildman–Crippen MR) is 80.7 cm³/mol. The molecule has 1 aromatic carbocycles. The molecule has 0 aromatic heterocycles. The number of aliphatic hydroxyl groups is 1. The predicted octanol–water partition coefficient (Wildman–Crippen LogP) is 2.65. The molecule has 3 nitrogen and oxygen atoms in total. The van der Waals surface area contributed by atoms with Crippen LogP contribution < -0.4 is 0 Å². The number of ether oxygens (including phenoxy) is 2. The molecule has 21 heavy (non-hydrogen) atoms. The zero-order valence-corrected chi connectivity index (χ0v) is 12.8. The summed E-state index contributed by atoms with van der Waals surface area (Å²) >= 11 is 0. The first kappa shape index (κ1) is 14.6. The molecule has 112 valence electrons. The van der Waals surface area contributed by atoms with E-state index in [9.17, 15) is 5.11 Å². The average Bonchev–Trinajstić information content (AvgIpc) is 2.65. The van der Waals surface area contributed by atoms with Crippen LogP contribution in [0.25, 0.3) is 0 Å². The van der Waals surface area contributed by atoms with Gasteiger partial charge in [0.05, 0.1) is 11.7 Å². The summed E-state index contributed by atoms with van der Waals surface area (Å²) in [5.41, 5.74) is 1.72. The summed E-state index contributed by atoms with van der Waals surface area (Å²) in [5, 5.41) is 10.1. The molecule has 1 aliphatic carbocycles. The van der Waals surface area contributed by atoms with Crippen molar-refractivity contribution in [3.8, 4) is 11.8 Å². The second-order valence-corrected chi connectivity index (χ2v) is 6.61. The van der Waals surface area contributed by atoms with E-state index in [-0.39, 0.29) is 6.10 Å². The Labute approximate surface area is 126 Å². The minimum absolute atomic E-state index is 0.0271. The van der Waals surface area contributed by atoms with Crippen molar-refractivity contribution in [3.05, 3.63) is 35.4 Å². The maximum absolute atomic E-state index is 10.1. The Morgan fingerprint density at radius 2 is 2.00 bits per heavy atom. The molecule has 3 heteroatoms. The van der Waals surface area contributed by atoms with Gasteiger partial charge in [-0.1, -0.05) is 30.0 Å². The summed E-state index contributed by atoms with van der Waals surface area (Å²) in [5.74, 6) is 5.45. The van der Waals surface area contributed by atoms with Crippen molar-refractivity contribution in [1.29, 1.82) is 0 Å². The van der Waals surface area contributed by atoms with E-state index in [0.717, 1.165) is 24.0 Å². The third kappa shape index (κ3) is 2.98. The lowest BCUT2D eigenvalue weighted by Gasteiger charge is -2.30. The van der Waals surface area contributed by atoms with Crippen molar-refractivity contribution in [1.82, 2.24) is 0 Å². The van der Waals surface area contributed by atoms with Gasteiger partial charge in [0.25, 0.3) is 0 Å². The standard InChI is InChI=1S/C18H22O3/c1-17(2)20-16-12-14-7-5-4-6-13(14)8-9-15(19)10-11-18(16,3)21-17/h4-7,15-16,19H,10-12H2,1-3H3/t15?,16-,18-/m0/s1. The lowest BCUT2D eigenvalue weighted by atomic mass is 9.86. The molecule has 0 amide bonds. The van der Waals surface area contributed by atoms with E-state index in [2.05, 4.69) is 24.8 Å². The highest BCUT2D eigenvalue weighted by molar-refractivity contribution is 5.42. The number of hydrogen-bond donors (Lipinski definition) is 1. The third-order valence-electron chi connectivity index (χ3n) is 4.30. The van der Waals surface area contributed by atoms with Crippen LogP contribution >= 0.6 is 0 Å². The monoisotopic (exact) mass is 286 g/mol. The molecule has 1 fully saturated rings. The quantitative estimate of drug-likeness (QED) is 0.745. The number of benzene rings is 1. The highest BCUT2D eigenvalue weighted by atomic mass is 16.8. The van der Waals surface area contributed by atoms with Crippen LogP contribution in [0.5, 0.6) is 0 Å². The van der Waals surface area contributed by atoms with E-state index in [1.54, 1.807) is 0 Å². The van der Waals surface area contributed by atoms with Crippen molar-refractivity contribution < 1.29 is 14.6 Å². The Balaban J connectivity index is 2.01. The molecule has 1 N–H and O–H groups in total. The maximum atomic E-state index is 10.1. The average molecular weight is 286 g/mol. The first-order valence-corrected chi connectivity index (χ1v) is 7.53. The first-order valence-electron chi connectivity index (χ1n) is 7.53. The first-order chi connectivity index (χ1) is 9.88. The number of aliphatic hydroxyl groups excluding tert-OH is 1. The number of hydrogen-bond acceptors (Lipinski definition) is 3. The maximum Gasteiger partial charge on any atom is 0.164 e. The van der Waals surface area contributed by atoms with Crippen LogP contribution in [-0.2, 0) is 15.9 Å². The molecule has 1 aliphatic heterocycles. The van der Waals surface area contributed by atoms with E-state index in [1.807, 2.05) is 32.0 Å². The molecule has 3 rings (SSSR count). The van der Waals surface area contributed by atoms with E-state index >= 15 is 0 Å². The summed E-state index contributed by atoms with van der Waals surface area (Å²) in [6.07, 6.45) is 1.46. The fraction of sp³-hybridized carbons (Fsp3) is 0.556. The topological polar surface area (TPSA) is 38.7 Å². The smallest absolute Gasteiger partial charge is 0.164 e. The van der Waals surface area contributed by atoms with Crippen LogP contribution in [0.2, 0.25) is 0 Å². The van der Waals surface area contributed by atoms with Gasteiger partial charge in [-0.25, -0.2) is 0 Å². The summed E-state index contributed by atoms with van der Waals surface area (Å²) in [6.45, 7) is 5.98. The molecule has 0 spiro atoms. The molecule has 0 bridgehead atoms. The van der Waals surface area contributed by atoms with Gasteiger partial charge in [0.1, 0.15) is 6.10 Å². The number of rotatable bonds is 0. The fourth-order valence-corrected chi connectivity index (χ4v) is 3.26. The van der Waals surface area contributed by atoms with Crippen molar-refractivity contribution in [2.45, 2.75) is 63.6 Å². The SMILES string of the molecule is CC1(C)O[C@H]2Cc3ccccc3C#CC(O)CC[C@]2(C)O1. The third-order valence-corrected chi connectivity index (χ3v) is 4.30. The minimum Gasteiger partial charge on any atom is -0.380 e. The molecule has 1 unspecified atom stereocenters. The highest BCUT2D eigenvalue weighted by Gasteiger charge is 2.49. The van der Waals surface area contributed by atoms with Crippen LogP contribution in [0, 0.1) is 11.8 Å². The van der Waals surface area contributed by atoms with Gasteiger partial charge in [0, 0.05) is 12.0 Å². The molecule has 3 atom stereocenters. The fourth-order valence-electron chi connectivity index (χ4n) is 3.26. The van der Waals surface area contributed by atoms with E-state index in [4.69, 9.17) is 9.47 Å². The molecular weight excluding hydrogens is 264 g/mol. The van der Waals surface area contributed by atoms with E-state index < -0.39 is 17.5 Å². The Morgan fingerprint density at radius 3 is 2.81 bits per heavy atom. The molecule has 1 saturated heterocycles. The zero-order chi connectivity index (χ0) is 15.1. The van der Waals surface area contributed by atoms with Crippen LogP contribution in [0.4, 0.5) is 0 Å². The van der Waals surface area contributed by atoms with E-state index in [0.29, 0.717) is 6.42 Å². The largest absolute Gasteiger partial charge is 0.380 e. The Hall–Kier alpha value is -1.34. The van der Waals surface area contributed by atoms with Gasteiger partial charge >= 0.3 is 0 Å². The molecule has 1 aromatic rings. The highest BCUT2D eigenvalue weighted by Crippen LogP contribution is 2.41. The van der Waals surface area contributed by atoms with Crippen LogP contribution in [0.15, 0.2) is 24.3 Å². The van der Waals surface area contributed by atoms with Crippen molar-refractivity contribution in [3.63, 3.8) is 0 Å². The zero-order valence-electron chi connectivity index (χ0n) is 12.8. The lowest BCUT2D eigenvalue weighted by Crippen LogP contribution is -2.39. The summed E-state index contributed by atoms with van der Waals surface area (Å²) < 4.78 is 12.3. The van der Waals surface area contributed by atoms with Gasteiger partial charge in [-0.2, -0.15) is 0 Å². The summed E-state index contributed by atoms with van der Waals surface area (Å²) in [6, 6.07) is 8.06. The van der Waals surface area contributed by atoms with Crippen LogP contribution in [0.1, 0.15) is 44.7 Å². The lowest BCUT2D eigenvalue weighted by molar-refractivity contribution is -0.161. The Kier molecular flexibility index (Phi) is 3.57. The molecule has 0 radical (unpaired) electrons. The van der Waals surface area contributed by atoms with Gasteiger partial charge < -0.3 is 14.6 Å². The summed E-state index contributed by atoms with van der Waals surface area (Å²) in [4.78, 5) is 0. The van der Waals surface area contributed by atoms with Crippen LogP contribution in [0.3, 0.4) is 0 Å². The van der Waals surface area contributed by atoms with Gasteiger partial charge in [-0.05, 0) is 45.2 Å². The number of fused-ring (bicyclic) bond motifs is 2. The van der Waals surface area contributed by atoms with Gasteiger partial charge in [-0.15, -0.1) is 0 Å². The van der Waals surface area contributed by atoms with Crippen LogP contribution in [-0.4, -0.2) is 28.7 Å². The molecule has 1 heterocycles. The van der Waals surface area contributed by atoms with Gasteiger partial charge in [-0.3, -0.25) is 0 Å². The van der Waals surface area contributed by atoms with Gasteiger partial charge in [0.2, 0.25) is 0 Å². The molecule has 0 saturated carbocycles. The van der Waals surface area contributed by atoms with E-state index in [1.165, 1.54) is 0 Å². The summed E-state index contributed by atoms with van der Waals surface area (Å²) in [7, 11) is 0. The Morgan fingerprint density at radius 1 is 1.24 bits per heavy atom. The second kappa shape index (κ2) is 5.14. The normalized spacial score (nSPS) is 34.3. The molecular formula is C18H22O3. The minimum atomic E-state index is -0.624.